The quantitative estimate of drug-likeness (QED) is 0.801. The molecule has 4 nitrogen and oxygen atoms in total. The number of carbonyl (C=O) groups is 1. The lowest BCUT2D eigenvalue weighted by Crippen LogP contribution is -2.30. The molecule has 0 aliphatic carbocycles. The van der Waals surface area contributed by atoms with Crippen LogP contribution in [0, 0.1) is 0 Å². The molecule has 0 unspecified atom stereocenters. The van der Waals surface area contributed by atoms with E-state index >= 15 is 0 Å². The van der Waals surface area contributed by atoms with Crippen LogP contribution in [0.5, 0.6) is 0 Å². The molecule has 0 aliphatic rings. The Morgan fingerprint density at radius 1 is 1.44 bits per heavy atom. The smallest absolute Gasteiger partial charge is 0.267 e. The molecule has 4 heteroatoms. The van der Waals surface area contributed by atoms with E-state index in [4.69, 9.17) is 5.73 Å². The predicted molar refractivity (Wildman–Crippen MR) is 64.3 cm³/mol. The fourth-order valence-corrected chi connectivity index (χ4v) is 1.78. The van der Waals surface area contributed by atoms with E-state index in [0.29, 0.717) is 18.8 Å². The molecule has 16 heavy (non-hydrogen) atoms. The zero-order valence-corrected chi connectivity index (χ0v) is 9.23. The summed E-state index contributed by atoms with van der Waals surface area (Å²) in [4.78, 5) is 11.8. The highest BCUT2D eigenvalue weighted by Crippen LogP contribution is 2.17. The number of carbonyl (C=O) groups excluding carboxylic acids is 1. The second-order valence-electron chi connectivity index (χ2n) is 3.69. The molecular formula is C12H15N3O. The molecule has 1 aromatic carbocycles. The third kappa shape index (κ3) is 1.79. The lowest BCUT2D eigenvalue weighted by molar-refractivity contribution is 0.0947. The molecule has 1 amide bonds. The van der Waals surface area contributed by atoms with Gasteiger partial charge in [-0.3, -0.25) is 4.79 Å². The summed E-state index contributed by atoms with van der Waals surface area (Å²) in [5.41, 5.74) is 7.06. The number of aryl methyl sites for hydroxylation is 1. The van der Waals surface area contributed by atoms with Gasteiger partial charge >= 0.3 is 0 Å². The Hall–Kier alpha value is -1.81. The minimum absolute atomic E-state index is 0.0795. The molecule has 0 radical (unpaired) electrons. The minimum atomic E-state index is -0.0795. The zero-order valence-electron chi connectivity index (χ0n) is 9.23. The molecule has 84 valence electrons. The van der Waals surface area contributed by atoms with Crippen molar-refractivity contribution in [1.82, 2.24) is 9.88 Å². The first-order valence-electron chi connectivity index (χ1n) is 5.27. The number of fused-ring (bicyclic) bond motifs is 1. The van der Waals surface area contributed by atoms with E-state index in [-0.39, 0.29) is 5.91 Å². The molecule has 0 saturated heterocycles. The highest BCUT2D eigenvalue weighted by atomic mass is 16.1. The Balaban J connectivity index is 2.37. The predicted octanol–water partition coefficient (Wildman–Crippen LogP) is 0.867. The third-order valence-corrected chi connectivity index (χ3v) is 2.61. The molecule has 0 saturated carbocycles. The number of hydrogen-bond acceptors (Lipinski definition) is 2. The van der Waals surface area contributed by atoms with Gasteiger partial charge in [-0.25, -0.2) is 0 Å². The van der Waals surface area contributed by atoms with Gasteiger partial charge in [-0.05, 0) is 12.1 Å². The van der Waals surface area contributed by atoms with E-state index in [2.05, 4.69) is 5.32 Å². The van der Waals surface area contributed by atoms with Crippen molar-refractivity contribution in [2.24, 2.45) is 12.8 Å². The van der Waals surface area contributed by atoms with Gasteiger partial charge in [-0.15, -0.1) is 0 Å². The van der Waals surface area contributed by atoms with Crippen molar-refractivity contribution in [2.45, 2.75) is 0 Å². The number of nitrogens with two attached hydrogens (primary N) is 1. The summed E-state index contributed by atoms with van der Waals surface area (Å²) in [6, 6.07) is 9.80. The number of nitrogens with one attached hydrogen (secondary N) is 1. The second-order valence-corrected chi connectivity index (χ2v) is 3.69. The first-order chi connectivity index (χ1) is 7.74. The SMILES string of the molecule is Cn1c(C(=O)NCCN)cc2ccccc21. The van der Waals surface area contributed by atoms with Crippen LogP contribution in [0.3, 0.4) is 0 Å². The molecule has 0 bridgehead atoms. The molecule has 0 fully saturated rings. The lowest BCUT2D eigenvalue weighted by Gasteiger charge is -2.04. The Morgan fingerprint density at radius 3 is 2.88 bits per heavy atom. The van der Waals surface area contributed by atoms with Crippen molar-refractivity contribution >= 4 is 16.8 Å². The van der Waals surface area contributed by atoms with Crippen LogP contribution in [0.25, 0.3) is 10.9 Å². The van der Waals surface area contributed by atoms with E-state index in [0.717, 1.165) is 10.9 Å². The highest BCUT2D eigenvalue weighted by Gasteiger charge is 2.11. The van der Waals surface area contributed by atoms with Gasteiger partial charge in [0.15, 0.2) is 0 Å². The molecular weight excluding hydrogens is 202 g/mol. The van der Waals surface area contributed by atoms with Crippen molar-refractivity contribution in [3.63, 3.8) is 0 Å². The number of nitrogens with zero attached hydrogens (tertiary/aromatic N) is 1. The van der Waals surface area contributed by atoms with Crippen LogP contribution in [-0.4, -0.2) is 23.6 Å². The van der Waals surface area contributed by atoms with Gasteiger partial charge in [0.05, 0.1) is 0 Å². The number of hydrogen-bond donors (Lipinski definition) is 2. The van der Waals surface area contributed by atoms with E-state index < -0.39 is 0 Å². The van der Waals surface area contributed by atoms with Crippen LogP contribution in [0.2, 0.25) is 0 Å². The van der Waals surface area contributed by atoms with Gasteiger partial charge in [0.2, 0.25) is 0 Å². The normalized spacial score (nSPS) is 10.6. The van der Waals surface area contributed by atoms with Gasteiger partial charge in [0.25, 0.3) is 5.91 Å². The van der Waals surface area contributed by atoms with Gasteiger partial charge < -0.3 is 15.6 Å². The van der Waals surface area contributed by atoms with Crippen molar-refractivity contribution in [2.75, 3.05) is 13.1 Å². The Labute approximate surface area is 94.0 Å². The van der Waals surface area contributed by atoms with Crippen molar-refractivity contribution in [3.05, 3.63) is 36.0 Å². The van der Waals surface area contributed by atoms with Crippen molar-refractivity contribution < 1.29 is 4.79 Å². The molecule has 0 aliphatic heterocycles. The third-order valence-electron chi connectivity index (χ3n) is 2.61. The Morgan fingerprint density at radius 2 is 2.19 bits per heavy atom. The largest absolute Gasteiger partial charge is 0.349 e. The van der Waals surface area contributed by atoms with Gasteiger partial charge in [0.1, 0.15) is 5.69 Å². The van der Waals surface area contributed by atoms with E-state index in [1.807, 2.05) is 41.9 Å². The topological polar surface area (TPSA) is 60.0 Å². The van der Waals surface area contributed by atoms with Crippen LogP contribution < -0.4 is 11.1 Å². The molecule has 0 spiro atoms. The maximum absolute atomic E-state index is 11.8. The summed E-state index contributed by atoms with van der Waals surface area (Å²) in [5, 5.41) is 3.84. The van der Waals surface area contributed by atoms with Gasteiger partial charge in [0, 0.05) is 31.0 Å². The summed E-state index contributed by atoms with van der Waals surface area (Å²) < 4.78 is 1.89. The fourth-order valence-electron chi connectivity index (χ4n) is 1.78. The lowest BCUT2D eigenvalue weighted by atomic mass is 10.2. The molecule has 3 N–H and O–H groups in total. The van der Waals surface area contributed by atoms with E-state index in [9.17, 15) is 4.79 Å². The Kier molecular flexibility index (Phi) is 2.92. The first-order valence-corrected chi connectivity index (χ1v) is 5.27. The molecule has 1 aromatic heterocycles. The average molecular weight is 217 g/mol. The summed E-state index contributed by atoms with van der Waals surface area (Å²) >= 11 is 0. The molecule has 1 heterocycles. The molecule has 2 rings (SSSR count). The number of amides is 1. The molecule has 2 aromatic rings. The highest BCUT2D eigenvalue weighted by molar-refractivity contribution is 5.98. The van der Waals surface area contributed by atoms with Gasteiger partial charge in [-0.2, -0.15) is 0 Å². The first kappa shape index (κ1) is 10.7. The fraction of sp³-hybridized carbons (Fsp3) is 0.250. The monoisotopic (exact) mass is 217 g/mol. The number of rotatable bonds is 3. The number of para-hydroxylation sites is 1. The van der Waals surface area contributed by atoms with Crippen LogP contribution >= 0.6 is 0 Å². The maximum Gasteiger partial charge on any atom is 0.267 e. The van der Waals surface area contributed by atoms with E-state index in [1.54, 1.807) is 0 Å². The summed E-state index contributed by atoms with van der Waals surface area (Å²) in [5.74, 6) is -0.0795. The average Bonchev–Trinajstić information content (AvgIpc) is 2.64. The van der Waals surface area contributed by atoms with Crippen LogP contribution in [0.15, 0.2) is 30.3 Å². The number of aromatic nitrogens is 1. The zero-order chi connectivity index (χ0) is 11.5. The minimum Gasteiger partial charge on any atom is -0.349 e. The summed E-state index contributed by atoms with van der Waals surface area (Å²) in [7, 11) is 1.89. The van der Waals surface area contributed by atoms with Crippen molar-refractivity contribution in [1.29, 1.82) is 0 Å². The van der Waals surface area contributed by atoms with Crippen LogP contribution in [-0.2, 0) is 7.05 Å². The van der Waals surface area contributed by atoms with Crippen LogP contribution in [0.4, 0.5) is 0 Å². The van der Waals surface area contributed by atoms with Crippen molar-refractivity contribution in [3.8, 4) is 0 Å². The van der Waals surface area contributed by atoms with E-state index in [1.165, 1.54) is 0 Å². The van der Waals surface area contributed by atoms with Crippen LogP contribution in [0.1, 0.15) is 10.5 Å². The Bertz CT molecular complexity index is 516. The second kappa shape index (κ2) is 4.37. The standard InChI is InChI=1S/C12H15N3O/c1-15-10-5-3-2-4-9(10)8-11(15)12(16)14-7-6-13/h2-5,8H,6-7,13H2,1H3,(H,14,16). The summed E-state index contributed by atoms with van der Waals surface area (Å²) in [6.45, 7) is 0.954. The van der Waals surface area contributed by atoms with Gasteiger partial charge in [-0.1, -0.05) is 18.2 Å². The molecule has 0 atom stereocenters. The number of benzene rings is 1. The summed E-state index contributed by atoms with van der Waals surface area (Å²) in [6.07, 6.45) is 0. The maximum atomic E-state index is 11.8.